The number of likely N-dealkylation sites (tertiary alicyclic amines) is 1. The Morgan fingerprint density at radius 3 is 2.60 bits per heavy atom. The molecule has 0 saturated carbocycles. The van der Waals surface area contributed by atoms with E-state index < -0.39 is 5.41 Å². The number of piperidine rings is 1. The number of hydrogen-bond donors (Lipinski definition) is 1. The van der Waals surface area contributed by atoms with Crippen LogP contribution in [0.3, 0.4) is 0 Å². The zero-order valence-corrected chi connectivity index (χ0v) is 17.5. The molecule has 1 atom stereocenters. The smallest absolute Gasteiger partial charge is 0.227 e. The van der Waals surface area contributed by atoms with Gasteiger partial charge in [0.1, 0.15) is 11.5 Å². The van der Waals surface area contributed by atoms with Crippen LogP contribution in [0.1, 0.15) is 31.1 Å². The Kier molecular flexibility index (Phi) is 6.29. The Labute approximate surface area is 178 Å². The summed E-state index contributed by atoms with van der Waals surface area (Å²) in [5.74, 6) is 0.877. The number of nitrogens with one attached hydrogen (secondary N) is 1. The standard InChI is InChI=1S/C25H29N3O2/c1-2-26-24(29)25(14-9-15-28(19-25)18-20-10-5-3-6-11-20)17-22-16-23(27-30-22)21-12-7-4-8-13-21/h3-8,10-13,16H,2,9,14-15,17-19H2,1H3,(H,26,29). The lowest BCUT2D eigenvalue weighted by atomic mass is 9.75. The molecule has 30 heavy (non-hydrogen) atoms. The van der Waals surface area contributed by atoms with E-state index in [1.54, 1.807) is 0 Å². The molecule has 2 aromatic carbocycles. The Bertz CT molecular complexity index is 955. The number of carbonyl (C=O) groups excluding carboxylic acids is 1. The quantitative estimate of drug-likeness (QED) is 0.639. The second kappa shape index (κ2) is 9.26. The van der Waals surface area contributed by atoms with Crippen LogP contribution in [-0.2, 0) is 17.8 Å². The van der Waals surface area contributed by atoms with Gasteiger partial charge >= 0.3 is 0 Å². The van der Waals surface area contributed by atoms with Crippen molar-refractivity contribution < 1.29 is 9.32 Å². The van der Waals surface area contributed by atoms with Crippen LogP contribution in [0.25, 0.3) is 11.3 Å². The summed E-state index contributed by atoms with van der Waals surface area (Å²) in [7, 11) is 0. The normalized spacial score (nSPS) is 19.5. The van der Waals surface area contributed by atoms with Crippen LogP contribution in [0.2, 0.25) is 0 Å². The Hall–Kier alpha value is -2.92. The highest BCUT2D eigenvalue weighted by Crippen LogP contribution is 2.35. The van der Waals surface area contributed by atoms with E-state index in [-0.39, 0.29) is 5.91 Å². The molecule has 1 aliphatic heterocycles. The molecule has 1 aromatic heterocycles. The van der Waals surface area contributed by atoms with Crippen molar-refractivity contribution in [3.63, 3.8) is 0 Å². The minimum absolute atomic E-state index is 0.112. The zero-order chi connectivity index (χ0) is 20.8. The highest BCUT2D eigenvalue weighted by molar-refractivity contribution is 5.83. The van der Waals surface area contributed by atoms with Crippen LogP contribution in [0, 0.1) is 5.41 Å². The second-order valence-electron chi connectivity index (χ2n) is 8.16. The van der Waals surface area contributed by atoms with E-state index in [4.69, 9.17) is 4.52 Å². The van der Waals surface area contributed by atoms with Crippen LogP contribution >= 0.6 is 0 Å². The van der Waals surface area contributed by atoms with E-state index in [0.29, 0.717) is 13.0 Å². The number of amides is 1. The van der Waals surface area contributed by atoms with Crippen molar-refractivity contribution in [2.45, 2.75) is 32.7 Å². The number of benzene rings is 2. The van der Waals surface area contributed by atoms with Gasteiger partial charge in [0, 0.05) is 37.7 Å². The fourth-order valence-electron chi connectivity index (χ4n) is 4.44. The minimum Gasteiger partial charge on any atom is -0.361 e. The topological polar surface area (TPSA) is 58.4 Å². The third-order valence-corrected chi connectivity index (χ3v) is 5.87. The molecule has 2 heterocycles. The summed E-state index contributed by atoms with van der Waals surface area (Å²) in [5, 5.41) is 7.33. The molecule has 0 spiro atoms. The molecule has 0 bridgehead atoms. The summed E-state index contributed by atoms with van der Waals surface area (Å²) < 4.78 is 5.68. The molecular weight excluding hydrogens is 374 g/mol. The Balaban J connectivity index is 1.55. The van der Waals surface area contributed by atoms with Crippen molar-refractivity contribution >= 4 is 5.91 Å². The zero-order valence-electron chi connectivity index (χ0n) is 17.5. The van der Waals surface area contributed by atoms with Gasteiger partial charge in [0.15, 0.2) is 0 Å². The molecule has 4 rings (SSSR count). The van der Waals surface area contributed by atoms with Crippen molar-refractivity contribution in [1.29, 1.82) is 0 Å². The first-order valence-corrected chi connectivity index (χ1v) is 10.7. The van der Waals surface area contributed by atoms with E-state index in [9.17, 15) is 4.79 Å². The maximum Gasteiger partial charge on any atom is 0.227 e. The number of carbonyl (C=O) groups is 1. The predicted octanol–water partition coefficient (Wildman–Crippen LogP) is 4.30. The van der Waals surface area contributed by atoms with Crippen LogP contribution in [0.15, 0.2) is 71.3 Å². The van der Waals surface area contributed by atoms with Gasteiger partial charge in [-0.05, 0) is 31.9 Å². The fourth-order valence-corrected chi connectivity index (χ4v) is 4.44. The van der Waals surface area contributed by atoms with E-state index in [2.05, 4.69) is 39.6 Å². The van der Waals surface area contributed by atoms with E-state index in [1.165, 1.54) is 5.56 Å². The van der Waals surface area contributed by atoms with Gasteiger partial charge in [0.25, 0.3) is 0 Å². The molecule has 1 fully saturated rings. The number of aromatic nitrogens is 1. The molecule has 1 aliphatic rings. The molecule has 1 saturated heterocycles. The largest absolute Gasteiger partial charge is 0.361 e. The van der Waals surface area contributed by atoms with Crippen molar-refractivity contribution in [3.8, 4) is 11.3 Å². The average Bonchev–Trinajstić information content (AvgIpc) is 3.24. The number of nitrogens with zero attached hydrogens (tertiary/aromatic N) is 2. The first-order valence-electron chi connectivity index (χ1n) is 10.7. The lowest BCUT2D eigenvalue weighted by Crippen LogP contribution is -2.52. The highest BCUT2D eigenvalue weighted by atomic mass is 16.5. The lowest BCUT2D eigenvalue weighted by molar-refractivity contribution is -0.134. The van der Waals surface area contributed by atoms with Crippen molar-refractivity contribution in [2.75, 3.05) is 19.6 Å². The summed E-state index contributed by atoms with van der Waals surface area (Å²) in [6.07, 6.45) is 2.40. The fraction of sp³-hybridized carbons (Fsp3) is 0.360. The van der Waals surface area contributed by atoms with E-state index >= 15 is 0 Å². The summed E-state index contributed by atoms with van der Waals surface area (Å²) in [6, 6.07) is 22.4. The molecule has 1 N–H and O–H groups in total. The molecule has 1 unspecified atom stereocenters. The van der Waals surface area contributed by atoms with Crippen LogP contribution < -0.4 is 5.32 Å². The summed E-state index contributed by atoms with van der Waals surface area (Å²) >= 11 is 0. The highest BCUT2D eigenvalue weighted by Gasteiger charge is 2.43. The first kappa shape index (κ1) is 20.4. The minimum atomic E-state index is -0.503. The molecule has 0 aliphatic carbocycles. The van der Waals surface area contributed by atoms with Gasteiger partial charge < -0.3 is 9.84 Å². The maximum absolute atomic E-state index is 13.2. The van der Waals surface area contributed by atoms with Gasteiger partial charge in [0.2, 0.25) is 5.91 Å². The summed E-state index contributed by atoms with van der Waals surface area (Å²) in [5.41, 5.74) is 2.61. The maximum atomic E-state index is 13.2. The van der Waals surface area contributed by atoms with Crippen molar-refractivity contribution in [3.05, 3.63) is 78.1 Å². The molecule has 1 amide bonds. The molecule has 3 aromatic rings. The molecule has 5 nitrogen and oxygen atoms in total. The van der Waals surface area contributed by atoms with Crippen molar-refractivity contribution in [1.82, 2.24) is 15.4 Å². The second-order valence-corrected chi connectivity index (χ2v) is 8.16. The van der Waals surface area contributed by atoms with Gasteiger partial charge in [-0.3, -0.25) is 9.69 Å². The van der Waals surface area contributed by atoms with Gasteiger partial charge in [-0.1, -0.05) is 65.8 Å². The first-order chi connectivity index (χ1) is 14.7. The van der Waals surface area contributed by atoms with Gasteiger partial charge in [-0.15, -0.1) is 0 Å². The van der Waals surface area contributed by atoms with Crippen LogP contribution in [0.4, 0.5) is 0 Å². The van der Waals surface area contributed by atoms with Crippen molar-refractivity contribution in [2.24, 2.45) is 5.41 Å². The monoisotopic (exact) mass is 403 g/mol. The molecule has 0 radical (unpaired) electrons. The third kappa shape index (κ3) is 4.62. The summed E-state index contributed by atoms with van der Waals surface area (Å²) in [4.78, 5) is 15.6. The third-order valence-electron chi connectivity index (χ3n) is 5.87. The Morgan fingerprint density at radius 2 is 1.87 bits per heavy atom. The lowest BCUT2D eigenvalue weighted by Gasteiger charge is -2.41. The van der Waals surface area contributed by atoms with E-state index in [1.807, 2.05) is 49.4 Å². The van der Waals surface area contributed by atoms with Crippen LogP contribution in [-0.4, -0.2) is 35.6 Å². The van der Waals surface area contributed by atoms with E-state index in [0.717, 1.165) is 49.5 Å². The summed E-state index contributed by atoms with van der Waals surface area (Å²) in [6.45, 7) is 5.17. The van der Waals surface area contributed by atoms with Gasteiger partial charge in [0.05, 0.1) is 5.41 Å². The van der Waals surface area contributed by atoms with Gasteiger partial charge in [-0.25, -0.2) is 0 Å². The predicted molar refractivity (Wildman–Crippen MR) is 118 cm³/mol. The SMILES string of the molecule is CCNC(=O)C1(Cc2cc(-c3ccccc3)no2)CCCN(Cc2ccccc2)C1. The Morgan fingerprint density at radius 1 is 1.13 bits per heavy atom. The molecular formula is C25H29N3O2. The average molecular weight is 404 g/mol. The molecule has 5 heteroatoms. The molecule has 156 valence electrons. The number of hydrogen-bond acceptors (Lipinski definition) is 4. The number of rotatable bonds is 7. The van der Waals surface area contributed by atoms with Gasteiger partial charge in [-0.2, -0.15) is 0 Å². The van der Waals surface area contributed by atoms with Crippen LogP contribution in [0.5, 0.6) is 0 Å².